The van der Waals surface area contributed by atoms with E-state index in [0.29, 0.717) is 48.3 Å². The molecule has 1 saturated heterocycles. The monoisotopic (exact) mass is 454 g/mol. The number of piperazine rings is 1. The molecule has 1 fully saturated rings. The minimum Gasteiger partial charge on any atom is -0.454 e. The lowest BCUT2D eigenvalue weighted by Gasteiger charge is -2.31. The summed E-state index contributed by atoms with van der Waals surface area (Å²) < 4.78 is 38.3. The Morgan fingerprint density at radius 2 is 1.69 bits per heavy atom. The molecule has 9 heteroatoms. The second kappa shape index (κ2) is 8.42. The Balaban J connectivity index is 1.18. The molecule has 166 valence electrons. The number of rotatable bonds is 5. The summed E-state index contributed by atoms with van der Waals surface area (Å²) in [5.41, 5.74) is 0.649. The Morgan fingerprint density at radius 3 is 2.50 bits per heavy atom. The summed E-state index contributed by atoms with van der Waals surface area (Å²) in [5, 5.41) is 4.79. The van der Waals surface area contributed by atoms with Crippen molar-refractivity contribution in [1.82, 2.24) is 4.31 Å². The average Bonchev–Trinajstić information content (AvgIpc) is 3.27. The van der Waals surface area contributed by atoms with Crippen LogP contribution in [-0.2, 0) is 14.8 Å². The van der Waals surface area contributed by atoms with Crippen molar-refractivity contribution in [2.24, 2.45) is 0 Å². The van der Waals surface area contributed by atoms with Gasteiger partial charge in [-0.15, -0.1) is 0 Å². The lowest BCUT2D eigenvalue weighted by Crippen LogP contribution is -3.15. The van der Waals surface area contributed by atoms with E-state index in [1.54, 1.807) is 30.3 Å². The van der Waals surface area contributed by atoms with E-state index in [1.165, 1.54) is 4.31 Å². The fourth-order valence-corrected chi connectivity index (χ4v) is 5.58. The Labute approximate surface area is 186 Å². The molecule has 0 unspecified atom stereocenters. The van der Waals surface area contributed by atoms with Crippen LogP contribution in [0.2, 0.25) is 0 Å². The molecule has 5 rings (SSSR count). The van der Waals surface area contributed by atoms with Gasteiger partial charge in [-0.2, -0.15) is 4.31 Å². The normalized spacial score (nSPS) is 16.9. The number of carbonyl (C=O) groups excluding carboxylic acids is 1. The summed E-state index contributed by atoms with van der Waals surface area (Å²) in [6, 6.07) is 18.2. The van der Waals surface area contributed by atoms with Gasteiger partial charge in [-0.1, -0.05) is 30.3 Å². The second-order valence-electron chi connectivity index (χ2n) is 7.96. The number of anilines is 1. The van der Waals surface area contributed by atoms with Crippen LogP contribution in [0.1, 0.15) is 0 Å². The topological polar surface area (TPSA) is 89.4 Å². The lowest BCUT2D eigenvalue weighted by atomic mass is 10.1. The molecule has 1 amide bonds. The third-order valence-corrected chi connectivity index (χ3v) is 7.75. The Morgan fingerprint density at radius 1 is 0.938 bits per heavy atom. The lowest BCUT2D eigenvalue weighted by molar-refractivity contribution is -0.895. The van der Waals surface area contributed by atoms with Crippen LogP contribution in [0.15, 0.2) is 65.6 Å². The summed E-state index contributed by atoms with van der Waals surface area (Å²) >= 11 is 0. The first kappa shape index (κ1) is 20.7. The van der Waals surface area contributed by atoms with Gasteiger partial charge in [0.1, 0.15) is 0 Å². The molecule has 0 bridgehead atoms. The molecule has 0 aromatic heterocycles. The van der Waals surface area contributed by atoms with Crippen LogP contribution in [0.5, 0.6) is 11.5 Å². The number of sulfonamides is 1. The van der Waals surface area contributed by atoms with E-state index >= 15 is 0 Å². The van der Waals surface area contributed by atoms with Gasteiger partial charge in [0.25, 0.3) is 5.91 Å². The molecule has 2 heterocycles. The van der Waals surface area contributed by atoms with E-state index in [-0.39, 0.29) is 19.2 Å². The summed E-state index contributed by atoms with van der Waals surface area (Å²) in [7, 11) is -3.57. The minimum atomic E-state index is -3.57. The zero-order valence-corrected chi connectivity index (χ0v) is 18.2. The predicted molar refractivity (Wildman–Crippen MR) is 119 cm³/mol. The van der Waals surface area contributed by atoms with Crippen molar-refractivity contribution in [3.63, 3.8) is 0 Å². The number of hydrogen-bond donors (Lipinski definition) is 2. The molecular weight excluding hydrogens is 430 g/mol. The third kappa shape index (κ3) is 4.14. The molecule has 2 N–H and O–H groups in total. The van der Waals surface area contributed by atoms with Gasteiger partial charge in [0.15, 0.2) is 18.0 Å². The van der Waals surface area contributed by atoms with Crippen LogP contribution in [0.25, 0.3) is 10.8 Å². The zero-order valence-electron chi connectivity index (χ0n) is 17.4. The number of ether oxygens (including phenoxy) is 2. The standard InChI is InChI=1S/C23H23N3O5S/c27-23(24-19-6-8-21-22(14-19)31-16-30-21)15-25-9-11-26(12-10-25)32(28,29)20-7-5-17-3-1-2-4-18(17)13-20/h1-8,13-14H,9-12,15-16H2,(H,24,27)/p+1. The number of amides is 1. The molecule has 32 heavy (non-hydrogen) atoms. The SMILES string of the molecule is O=C(C[NH+]1CCN(S(=O)(=O)c2ccc3ccccc3c2)CC1)Nc1ccc2c(c1)OCO2. The average molecular weight is 455 g/mol. The van der Waals surface area contributed by atoms with Gasteiger partial charge in [-0.25, -0.2) is 8.42 Å². The van der Waals surface area contributed by atoms with Gasteiger partial charge in [-0.3, -0.25) is 4.79 Å². The zero-order chi connectivity index (χ0) is 22.1. The maximum atomic E-state index is 13.1. The largest absolute Gasteiger partial charge is 0.454 e. The highest BCUT2D eigenvalue weighted by Crippen LogP contribution is 2.34. The first-order valence-corrected chi connectivity index (χ1v) is 11.9. The first-order chi connectivity index (χ1) is 15.5. The molecule has 0 atom stereocenters. The first-order valence-electron chi connectivity index (χ1n) is 10.5. The molecule has 0 spiro atoms. The van der Waals surface area contributed by atoms with E-state index < -0.39 is 10.0 Å². The van der Waals surface area contributed by atoms with Crippen LogP contribution in [0.4, 0.5) is 5.69 Å². The van der Waals surface area contributed by atoms with Crippen molar-refractivity contribution in [3.05, 3.63) is 60.7 Å². The van der Waals surface area contributed by atoms with E-state index in [4.69, 9.17) is 9.47 Å². The molecule has 2 aliphatic rings. The van der Waals surface area contributed by atoms with Gasteiger partial charge in [0.05, 0.1) is 31.1 Å². The molecule has 0 radical (unpaired) electrons. The van der Waals surface area contributed by atoms with Crippen molar-refractivity contribution >= 4 is 32.4 Å². The quantitative estimate of drug-likeness (QED) is 0.603. The number of nitrogens with one attached hydrogen (secondary N) is 2. The fraction of sp³-hybridized carbons (Fsp3) is 0.261. The molecule has 0 saturated carbocycles. The third-order valence-electron chi connectivity index (χ3n) is 5.86. The second-order valence-corrected chi connectivity index (χ2v) is 9.89. The molecule has 0 aliphatic carbocycles. The van der Waals surface area contributed by atoms with E-state index in [1.807, 2.05) is 30.3 Å². The van der Waals surface area contributed by atoms with Crippen LogP contribution in [-0.4, -0.2) is 58.1 Å². The van der Waals surface area contributed by atoms with Crippen LogP contribution in [0.3, 0.4) is 0 Å². The van der Waals surface area contributed by atoms with Gasteiger partial charge >= 0.3 is 0 Å². The Bertz CT molecular complexity index is 1270. The van der Waals surface area contributed by atoms with Gasteiger partial charge in [-0.05, 0) is 35.0 Å². The maximum Gasteiger partial charge on any atom is 0.279 e. The van der Waals surface area contributed by atoms with Crippen LogP contribution < -0.4 is 19.7 Å². The highest BCUT2D eigenvalue weighted by Gasteiger charge is 2.31. The minimum absolute atomic E-state index is 0.121. The van der Waals surface area contributed by atoms with Gasteiger partial charge in [0.2, 0.25) is 16.8 Å². The molecule has 3 aromatic rings. The van der Waals surface area contributed by atoms with E-state index in [0.717, 1.165) is 15.7 Å². The van der Waals surface area contributed by atoms with Crippen molar-refractivity contribution in [2.45, 2.75) is 4.90 Å². The summed E-state index contributed by atoms with van der Waals surface area (Å²) in [5.74, 6) is 1.16. The highest BCUT2D eigenvalue weighted by atomic mass is 32.2. The number of nitrogens with zero attached hydrogens (tertiary/aromatic N) is 1. The summed E-state index contributed by atoms with van der Waals surface area (Å²) in [6.45, 7) is 2.36. The number of quaternary nitrogens is 1. The number of fused-ring (bicyclic) bond motifs is 2. The summed E-state index contributed by atoms with van der Waals surface area (Å²) in [4.78, 5) is 13.8. The Kier molecular flexibility index (Phi) is 5.46. The van der Waals surface area contributed by atoms with Crippen LogP contribution in [0, 0.1) is 0 Å². The van der Waals surface area contributed by atoms with Gasteiger partial charge < -0.3 is 19.7 Å². The Hall–Kier alpha value is -3.14. The molecule has 8 nitrogen and oxygen atoms in total. The fourth-order valence-electron chi connectivity index (χ4n) is 4.10. The van der Waals surface area contributed by atoms with E-state index in [2.05, 4.69) is 5.32 Å². The van der Waals surface area contributed by atoms with Crippen LogP contribution >= 0.6 is 0 Å². The van der Waals surface area contributed by atoms with Crippen molar-refractivity contribution < 1.29 is 27.6 Å². The summed E-state index contributed by atoms with van der Waals surface area (Å²) in [6.07, 6.45) is 0. The van der Waals surface area contributed by atoms with Crippen molar-refractivity contribution in [2.75, 3.05) is 44.8 Å². The molecular formula is C23H24N3O5S+. The van der Waals surface area contributed by atoms with E-state index in [9.17, 15) is 13.2 Å². The number of hydrogen-bond acceptors (Lipinski definition) is 5. The van der Waals surface area contributed by atoms with Crippen molar-refractivity contribution in [1.29, 1.82) is 0 Å². The maximum absolute atomic E-state index is 13.1. The number of benzene rings is 3. The highest BCUT2D eigenvalue weighted by molar-refractivity contribution is 7.89. The molecule has 2 aliphatic heterocycles. The van der Waals surface area contributed by atoms with Crippen molar-refractivity contribution in [3.8, 4) is 11.5 Å². The predicted octanol–water partition coefficient (Wildman–Crippen LogP) is 1.10. The number of carbonyl (C=O) groups is 1. The smallest absolute Gasteiger partial charge is 0.279 e. The molecule has 3 aromatic carbocycles. The van der Waals surface area contributed by atoms with Gasteiger partial charge in [0, 0.05) is 11.8 Å².